The third-order valence-electron chi connectivity index (χ3n) is 4.92. The number of nitrogens with zero attached hydrogens (tertiary/aromatic N) is 2. The second-order valence-electron chi connectivity index (χ2n) is 6.71. The molecule has 0 spiro atoms. The SMILES string of the molecule is CCn1c(=O)n(CCC(=O)Nc2cc(C(=O)OC)ccc2C(=O)OC)c2ccccc21. The lowest BCUT2D eigenvalue weighted by Crippen LogP contribution is -2.26. The van der Waals surface area contributed by atoms with Crippen LogP contribution >= 0.6 is 0 Å². The maximum Gasteiger partial charge on any atom is 0.339 e. The molecular weight excluding hydrogens is 402 g/mol. The zero-order chi connectivity index (χ0) is 22.5. The van der Waals surface area contributed by atoms with E-state index in [0.717, 1.165) is 11.0 Å². The number of hydrogen-bond acceptors (Lipinski definition) is 6. The lowest BCUT2D eigenvalue weighted by atomic mass is 10.1. The van der Waals surface area contributed by atoms with Crippen molar-refractivity contribution in [1.82, 2.24) is 9.13 Å². The van der Waals surface area contributed by atoms with Gasteiger partial charge in [-0.15, -0.1) is 0 Å². The Kier molecular flexibility index (Phi) is 6.54. The highest BCUT2D eigenvalue weighted by Gasteiger charge is 2.18. The van der Waals surface area contributed by atoms with Gasteiger partial charge in [-0.1, -0.05) is 12.1 Å². The fourth-order valence-electron chi connectivity index (χ4n) is 3.40. The number of imidazole rings is 1. The molecule has 0 atom stereocenters. The molecule has 9 heteroatoms. The number of rotatable bonds is 7. The number of fused-ring (bicyclic) bond motifs is 1. The first-order valence-corrected chi connectivity index (χ1v) is 9.69. The molecule has 0 saturated carbocycles. The van der Waals surface area contributed by atoms with Gasteiger partial charge in [0.15, 0.2) is 0 Å². The number of amides is 1. The van der Waals surface area contributed by atoms with E-state index < -0.39 is 17.8 Å². The van der Waals surface area contributed by atoms with Gasteiger partial charge in [-0.05, 0) is 37.3 Å². The van der Waals surface area contributed by atoms with Crippen LogP contribution in [0.5, 0.6) is 0 Å². The fraction of sp³-hybridized carbons (Fsp3) is 0.273. The van der Waals surface area contributed by atoms with Gasteiger partial charge in [-0.2, -0.15) is 0 Å². The summed E-state index contributed by atoms with van der Waals surface area (Å²) in [5.74, 6) is -1.69. The molecule has 3 rings (SSSR count). The number of nitrogens with one attached hydrogen (secondary N) is 1. The van der Waals surface area contributed by atoms with Crippen molar-refractivity contribution in [2.75, 3.05) is 19.5 Å². The summed E-state index contributed by atoms with van der Waals surface area (Å²) in [5, 5.41) is 2.63. The van der Waals surface area contributed by atoms with Crippen LogP contribution in [0.3, 0.4) is 0 Å². The molecule has 1 amide bonds. The minimum atomic E-state index is -0.658. The number of aryl methyl sites for hydroxylation is 2. The van der Waals surface area contributed by atoms with Crippen LogP contribution in [0.1, 0.15) is 34.1 Å². The molecule has 0 bridgehead atoms. The van der Waals surface area contributed by atoms with Crippen molar-refractivity contribution in [2.24, 2.45) is 0 Å². The predicted molar refractivity (Wildman–Crippen MR) is 114 cm³/mol. The Labute approximate surface area is 178 Å². The van der Waals surface area contributed by atoms with Gasteiger partial charge < -0.3 is 14.8 Å². The first-order valence-electron chi connectivity index (χ1n) is 9.69. The molecule has 1 aromatic heterocycles. The van der Waals surface area contributed by atoms with Crippen LogP contribution in [0.2, 0.25) is 0 Å². The molecule has 31 heavy (non-hydrogen) atoms. The molecule has 0 unspecified atom stereocenters. The molecule has 0 radical (unpaired) electrons. The summed E-state index contributed by atoms with van der Waals surface area (Å²) in [7, 11) is 2.46. The molecule has 0 aliphatic rings. The molecule has 3 aromatic rings. The van der Waals surface area contributed by atoms with Gasteiger partial charge in [-0.25, -0.2) is 14.4 Å². The molecule has 2 aromatic carbocycles. The first kappa shape index (κ1) is 21.8. The second-order valence-corrected chi connectivity index (χ2v) is 6.71. The van der Waals surface area contributed by atoms with E-state index in [4.69, 9.17) is 4.74 Å². The van der Waals surface area contributed by atoms with E-state index in [1.54, 1.807) is 9.13 Å². The van der Waals surface area contributed by atoms with Gasteiger partial charge in [0.25, 0.3) is 0 Å². The molecule has 0 aliphatic heterocycles. The number of aromatic nitrogens is 2. The van der Waals surface area contributed by atoms with Gasteiger partial charge in [0, 0.05) is 19.5 Å². The number of anilines is 1. The summed E-state index contributed by atoms with van der Waals surface area (Å²) < 4.78 is 12.6. The molecule has 162 valence electrons. The van der Waals surface area contributed by atoms with E-state index in [2.05, 4.69) is 10.1 Å². The van der Waals surface area contributed by atoms with E-state index in [0.29, 0.717) is 6.54 Å². The highest BCUT2D eigenvalue weighted by atomic mass is 16.5. The molecule has 1 N–H and O–H groups in total. The number of para-hydroxylation sites is 2. The van der Waals surface area contributed by atoms with Crippen molar-refractivity contribution < 1.29 is 23.9 Å². The second kappa shape index (κ2) is 9.29. The first-order chi connectivity index (χ1) is 14.9. The smallest absolute Gasteiger partial charge is 0.339 e. The third-order valence-corrected chi connectivity index (χ3v) is 4.92. The summed E-state index contributed by atoms with van der Waals surface area (Å²) in [5.41, 5.74) is 1.75. The Hall–Kier alpha value is -3.88. The number of hydrogen-bond donors (Lipinski definition) is 1. The molecule has 9 nitrogen and oxygen atoms in total. The Morgan fingerprint density at radius 2 is 1.58 bits per heavy atom. The number of carbonyl (C=O) groups excluding carboxylic acids is 3. The minimum absolute atomic E-state index is 0.0132. The number of esters is 2. The summed E-state index contributed by atoms with van der Waals surface area (Å²) in [6.45, 7) is 2.55. The van der Waals surface area contributed by atoms with Crippen molar-refractivity contribution in [1.29, 1.82) is 0 Å². The highest BCUT2D eigenvalue weighted by molar-refractivity contribution is 6.03. The van der Waals surface area contributed by atoms with Crippen molar-refractivity contribution in [2.45, 2.75) is 26.4 Å². The maximum atomic E-state index is 12.7. The molecule has 0 saturated heterocycles. The van der Waals surface area contributed by atoms with Crippen LogP contribution in [0.25, 0.3) is 11.0 Å². The van der Waals surface area contributed by atoms with E-state index in [9.17, 15) is 19.2 Å². The van der Waals surface area contributed by atoms with Crippen LogP contribution in [-0.2, 0) is 27.4 Å². The van der Waals surface area contributed by atoms with Gasteiger partial charge in [0.05, 0.1) is 42.1 Å². The average Bonchev–Trinajstić information content (AvgIpc) is 3.06. The van der Waals surface area contributed by atoms with Crippen LogP contribution in [0.15, 0.2) is 47.3 Å². The monoisotopic (exact) mass is 425 g/mol. The van der Waals surface area contributed by atoms with Crippen LogP contribution in [0, 0.1) is 0 Å². The predicted octanol–water partition coefficient (Wildman–Crippen LogP) is 2.42. The van der Waals surface area contributed by atoms with Crippen molar-refractivity contribution in [3.05, 3.63) is 64.1 Å². The summed E-state index contributed by atoms with van der Waals surface area (Å²) in [6.07, 6.45) is -0.0132. The standard InChI is InChI=1S/C22H23N3O6/c1-4-24-17-7-5-6-8-18(17)25(22(24)29)12-11-19(26)23-16-13-14(20(27)30-2)9-10-15(16)21(28)31-3/h5-10,13H,4,11-12H2,1-3H3,(H,23,26). The molecular formula is C22H23N3O6. The molecule has 0 fully saturated rings. The largest absolute Gasteiger partial charge is 0.465 e. The summed E-state index contributed by atoms with van der Waals surface area (Å²) in [6, 6.07) is 11.5. The topological polar surface area (TPSA) is 109 Å². The van der Waals surface area contributed by atoms with E-state index in [1.807, 2.05) is 31.2 Å². The average molecular weight is 425 g/mol. The van der Waals surface area contributed by atoms with E-state index >= 15 is 0 Å². The quantitative estimate of drug-likeness (QED) is 0.583. The number of benzene rings is 2. The van der Waals surface area contributed by atoms with Crippen LogP contribution in [-0.4, -0.2) is 41.2 Å². The zero-order valence-corrected chi connectivity index (χ0v) is 17.5. The lowest BCUT2D eigenvalue weighted by Gasteiger charge is -2.11. The molecule has 1 heterocycles. The molecule has 0 aliphatic carbocycles. The summed E-state index contributed by atoms with van der Waals surface area (Å²) in [4.78, 5) is 49.2. The number of carbonyl (C=O) groups is 3. The van der Waals surface area contributed by atoms with Crippen molar-refractivity contribution >= 4 is 34.6 Å². The lowest BCUT2D eigenvalue weighted by molar-refractivity contribution is -0.116. The zero-order valence-electron chi connectivity index (χ0n) is 17.5. The van der Waals surface area contributed by atoms with E-state index in [1.165, 1.54) is 32.4 Å². The number of ether oxygens (including phenoxy) is 2. The normalized spacial score (nSPS) is 10.7. The highest BCUT2D eigenvalue weighted by Crippen LogP contribution is 2.20. The van der Waals surface area contributed by atoms with Gasteiger partial charge in [0.2, 0.25) is 5.91 Å². The maximum absolute atomic E-state index is 12.7. The summed E-state index contributed by atoms with van der Waals surface area (Å²) >= 11 is 0. The third kappa shape index (κ3) is 4.35. The van der Waals surface area contributed by atoms with Crippen LogP contribution in [0.4, 0.5) is 5.69 Å². The minimum Gasteiger partial charge on any atom is -0.465 e. The van der Waals surface area contributed by atoms with Crippen molar-refractivity contribution in [3.63, 3.8) is 0 Å². The number of methoxy groups -OCH3 is 2. The van der Waals surface area contributed by atoms with Gasteiger partial charge in [0.1, 0.15) is 0 Å². The van der Waals surface area contributed by atoms with Gasteiger partial charge in [-0.3, -0.25) is 13.9 Å². The Morgan fingerprint density at radius 1 is 0.935 bits per heavy atom. The Balaban J connectivity index is 1.84. The van der Waals surface area contributed by atoms with Crippen molar-refractivity contribution in [3.8, 4) is 0 Å². The van der Waals surface area contributed by atoms with Crippen LogP contribution < -0.4 is 11.0 Å². The Bertz CT molecular complexity index is 1210. The van der Waals surface area contributed by atoms with E-state index in [-0.39, 0.29) is 35.5 Å². The fourth-order valence-corrected chi connectivity index (χ4v) is 3.40. The van der Waals surface area contributed by atoms with Gasteiger partial charge >= 0.3 is 17.6 Å². The Morgan fingerprint density at radius 3 is 2.19 bits per heavy atom.